The monoisotopic (exact) mass is 738 g/mol. The van der Waals surface area contributed by atoms with Crippen LogP contribution in [0.2, 0.25) is 0 Å². The van der Waals surface area contributed by atoms with Crippen molar-refractivity contribution in [2.75, 3.05) is 4.90 Å². The van der Waals surface area contributed by atoms with Crippen molar-refractivity contribution < 1.29 is 0 Å². The molecule has 0 amide bonds. The molecule has 0 aliphatic carbocycles. The fourth-order valence-electron chi connectivity index (χ4n) is 8.78. The van der Waals surface area contributed by atoms with Gasteiger partial charge in [-0.15, -0.1) is 0 Å². The standard InChI is InChI=1S/C56H38N2/c1-3-13-39(14-4-1)41-25-27-42(28-26-41)43-29-33-48(34-30-43)57(50-35-31-40-15-7-8-17-45(40)37-50)49-21-11-18-46(38-49)51-23-12-24-54-55(51)53-36-32-44-16-9-10-22-52(44)56(53)58(54)47-19-5-2-6-20-47/h1-38H. The first-order valence-corrected chi connectivity index (χ1v) is 19.9. The Bertz CT molecular complexity index is 3250. The van der Waals surface area contributed by atoms with Crippen molar-refractivity contribution in [3.8, 4) is 39.1 Å². The predicted octanol–water partition coefficient (Wildman–Crippen LogP) is 15.6. The number of fused-ring (bicyclic) bond motifs is 6. The molecule has 1 aromatic heterocycles. The Kier molecular flexibility index (Phi) is 8.19. The van der Waals surface area contributed by atoms with Crippen molar-refractivity contribution in [2.45, 2.75) is 0 Å². The van der Waals surface area contributed by atoms with Crippen molar-refractivity contribution in [3.05, 3.63) is 231 Å². The molecule has 0 radical (unpaired) electrons. The number of hydrogen-bond acceptors (Lipinski definition) is 1. The third-order valence-corrected chi connectivity index (χ3v) is 11.5. The summed E-state index contributed by atoms with van der Waals surface area (Å²) in [7, 11) is 0. The highest BCUT2D eigenvalue weighted by molar-refractivity contribution is 6.22. The van der Waals surface area contributed by atoms with E-state index in [2.05, 4.69) is 240 Å². The average Bonchev–Trinajstić information content (AvgIpc) is 3.65. The minimum atomic E-state index is 1.10. The molecule has 0 aliphatic heterocycles. The Morgan fingerprint density at radius 2 is 0.862 bits per heavy atom. The topological polar surface area (TPSA) is 8.17 Å². The van der Waals surface area contributed by atoms with Crippen molar-refractivity contribution >= 4 is 60.4 Å². The van der Waals surface area contributed by atoms with Gasteiger partial charge < -0.3 is 9.47 Å². The van der Waals surface area contributed by atoms with Crippen LogP contribution in [0.1, 0.15) is 0 Å². The molecule has 1 heterocycles. The van der Waals surface area contributed by atoms with Crippen LogP contribution in [0.25, 0.3) is 82.4 Å². The molecule has 11 rings (SSSR count). The van der Waals surface area contributed by atoms with Crippen LogP contribution in [0.5, 0.6) is 0 Å². The highest BCUT2D eigenvalue weighted by Gasteiger charge is 2.20. The Morgan fingerprint density at radius 3 is 1.62 bits per heavy atom. The van der Waals surface area contributed by atoms with E-state index < -0.39 is 0 Å². The number of rotatable bonds is 7. The maximum absolute atomic E-state index is 2.44. The van der Waals surface area contributed by atoms with Gasteiger partial charge in [0.15, 0.2) is 0 Å². The van der Waals surface area contributed by atoms with Crippen LogP contribution in [0.3, 0.4) is 0 Å². The number of nitrogens with zero attached hydrogens (tertiary/aromatic N) is 2. The molecular formula is C56H38N2. The zero-order chi connectivity index (χ0) is 38.4. The maximum atomic E-state index is 2.44. The first kappa shape index (κ1) is 33.6. The molecule has 2 nitrogen and oxygen atoms in total. The second-order valence-electron chi connectivity index (χ2n) is 15.0. The maximum Gasteiger partial charge on any atom is 0.0619 e. The van der Waals surface area contributed by atoms with Gasteiger partial charge in [0.25, 0.3) is 0 Å². The lowest BCUT2D eigenvalue weighted by Gasteiger charge is -2.26. The first-order chi connectivity index (χ1) is 28.8. The van der Waals surface area contributed by atoms with E-state index in [1.165, 1.54) is 76.7 Å². The molecule has 10 aromatic carbocycles. The van der Waals surface area contributed by atoms with E-state index in [9.17, 15) is 0 Å². The molecule has 0 bridgehead atoms. The van der Waals surface area contributed by atoms with E-state index in [0.29, 0.717) is 0 Å². The fourth-order valence-corrected chi connectivity index (χ4v) is 8.78. The van der Waals surface area contributed by atoms with E-state index >= 15 is 0 Å². The summed E-state index contributed by atoms with van der Waals surface area (Å²) in [6, 6.07) is 83.6. The number of benzene rings is 10. The Hall–Kier alpha value is -7.68. The second kappa shape index (κ2) is 14.1. The van der Waals surface area contributed by atoms with Crippen molar-refractivity contribution in [3.63, 3.8) is 0 Å². The summed E-state index contributed by atoms with van der Waals surface area (Å²) in [5, 5.41) is 7.42. The fraction of sp³-hybridized carbons (Fsp3) is 0. The molecular weight excluding hydrogens is 701 g/mol. The zero-order valence-electron chi connectivity index (χ0n) is 31.8. The van der Waals surface area contributed by atoms with Gasteiger partial charge in [-0.2, -0.15) is 0 Å². The third kappa shape index (κ3) is 5.82. The lowest BCUT2D eigenvalue weighted by atomic mass is 9.97. The van der Waals surface area contributed by atoms with E-state index in [4.69, 9.17) is 0 Å². The van der Waals surface area contributed by atoms with Crippen molar-refractivity contribution in [2.24, 2.45) is 0 Å². The van der Waals surface area contributed by atoms with Crippen LogP contribution < -0.4 is 4.90 Å². The normalized spacial score (nSPS) is 11.4. The Labute approximate surface area is 338 Å². The SMILES string of the molecule is c1ccc(-c2ccc(-c3ccc(N(c4cccc(-c5cccc6c5c5ccc7ccccc7c5n6-c5ccccc5)c4)c4ccc5ccccc5c4)cc3)cc2)cc1. The smallest absolute Gasteiger partial charge is 0.0619 e. The first-order valence-electron chi connectivity index (χ1n) is 19.9. The summed E-state index contributed by atoms with van der Waals surface area (Å²) in [6.45, 7) is 0. The second-order valence-corrected chi connectivity index (χ2v) is 15.0. The summed E-state index contributed by atoms with van der Waals surface area (Å²) >= 11 is 0. The molecule has 0 aliphatic rings. The van der Waals surface area contributed by atoms with Crippen LogP contribution in [0.15, 0.2) is 231 Å². The van der Waals surface area contributed by atoms with Gasteiger partial charge in [-0.3, -0.25) is 0 Å². The summed E-state index contributed by atoms with van der Waals surface area (Å²) in [4.78, 5) is 2.39. The van der Waals surface area contributed by atoms with Crippen LogP contribution in [0, 0.1) is 0 Å². The van der Waals surface area contributed by atoms with E-state index in [-0.39, 0.29) is 0 Å². The van der Waals surface area contributed by atoms with Crippen molar-refractivity contribution in [1.29, 1.82) is 0 Å². The summed E-state index contributed by atoms with van der Waals surface area (Å²) in [5.74, 6) is 0. The molecule has 0 saturated carbocycles. The van der Waals surface area contributed by atoms with Gasteiger partial charge in [0.1, 0.15) is 0 Å². The Balaban J connectivity index is 1.06. The zero-order valence-corrected chi connectivity index (χ0v) is 31.8. The highest BCUT2D eigenvalue weighted by Crippen LogP contribution is 2.44. The molecule has 0 fully saturated rings. The predicted molar refractivity (Wildman–Crippen MR) is 247 cm³/mol. The number of anilines is 3. The molecule has 0 N–H and O–H groups in total. The van der Waals surface area contributed by atoms with Crippen LogP contribution in [0.4, 0.5) is 17.1 Å². The minimum Gasteiger partial charge on any atom is -0.310 e. The Morgan fingerprint density at radius 1 is 0.310 bits per heavy atom. The van der Waals surface area contributed by atoms with Gasteiger partial charge in [0, 0.05) is 38.9 Å². The van der Waals surface area contributed by atoms with Crippen molar-refractivity contribution in [1.82, 2.24) is 4.57 Å². The van der Waals surface area contributed by atoms with Gasteiger partial charge >= 0.3 is 0 Å². The molecule has 11 aromatic rings. The molecule has 0 unspecified atom stereocenters. The summed E-state index contributed by atoms with van der Waals surface area (Å²) in [6.07, 6.45) is 0. The third-order valence-electron chi connectivity index (χ3n) is 11.5. The van der Waals surface area contributed by atoms with Crippen LogP contribution >= 0.6 is 0 Å². The largest absolute Gasteiger partial charge is 0.310 e. The molecule has 0 spiro atoms. The summed E-state index contributed by atoms with van der Waals surface area (Å²) in [5.41, 5.74) is 14.1. The van der Waals surface area contributed by atoms with Gasteiger partial charge in [0.2, 0.25) is 0 Å². The molecule has 0 saturated heterocycles. The molecule has 272 valence electrons. The number of hydrogen-bond donors (Lipinski definition) is 0. The minimum absolute atomic E-state index is 1.10. The quantitative estimate of drug-likeness (QED) is 0.158. The molecule has 0 atom stereocenters. The van der Waals surface area contributed by atoms with Gasteiger partial charge in [-0.25, -0.2) is 0 Å². The van der Waals surface area contributed by atoms with Gasteiger partial charge in [-0.1, -0.05) is 176 Å². The number of aromatic nitrogens is 1. The van der Waals surface area contributed by atoms with Crippen LogP contribution in [-0.4, -0.2) is 4.57 Å². The van der Waals surface area contributed by atoms with E-state index in [1.807, 2.05) is 0 Å². The number of para-hydroxylation sites is 1. The molecule has 58 heavy (non-hydrogen) atoms. The van der Waals surface area contributed by atoms with Gasteiger partial charge in [-0.05, 0) is 104 Å². The van der Waals surface area contributed by atoms with E-state index in [1.54, 1.807) is 0 Å². The molecule has 2 heteroatoms. The summed E-state index contributed by atoms with van der Waals surface area (Å²) < 4.78 is 2.44. The average molecular weight is 739 g/mol. The van der Waals surface area contributed by atoms with Crippen LogP contribution in [-0.2, 0) is 0 Å². The lowest BCUT2D eigenvalue weighted by Crippen LogP contribution is -2.10. The highest BCUT2D eigenvalue weighted by atomic mass is 15.1. The van der Waals surface area contributed by atoms with E-state index in [0.717, 1.165) is 22.7 Å². The van der Waals surface area contributed by atoms with Gasteiger partial charge in [0.05, 0.1) is 11.0 Å². The lowest BCUT2D eigenvalue weighted by molar-refractivity contribution is 1.19.